The number of hydrogen-bond acceptors (Lipinski definition) is 3. The minimum atomic E-state index is -0.156. The molecule has 0 aromatic carbocycles. The maximum Gasteiger partial charge on any atom is 0.334 e. The van der Waals surface area contributed by atoms with Gasteiger partial charge in [0.2, 0.25) is 0 Å². The van der Waals surface area contributed by atoms with Crippen molar-refractivity contribution in [3.05, 3.63) is 11.1 Å². The van der Waals surface area contributed by atoms with Crippen LogP contribution in [0.1, 0.15) is 46.5 Å². The molecule has 1 heterocycles. The number of ether oxygens (including phenoxy) is 1. The maximum atomic E-state index is 11.9. The lowest BCUT2D eigenvalue weighted by Gasteiger charge is -2.49. The number of hydrogen-bond donors (Lipinski definition) is 0. The van der Waals surface area contributed by atoms with Gasteiger partial charge in [-0.25, -0.2) is 4.79 Å². The summed E-state index contributed by atoms with van der Waals surface area (Å²) in [5.41, 5.74) is 2.10. The molecular formula is C15H20O3. The number of esters is 1. The smallest absolute Gasteiger partial charge is 0.334 e. The second-order valence-corrected chi connectivity index (χ2v) is 6.47. The number of carbonyl (C=O) groups is 2. The van der Waals surface area contributed by atoms with Gasteiger partial charge >= 0.3 is 5.97 Å². The Morgan fingerprint density at radius 2 is 2.06 bits per heavy atom. The molecule has 0 aromatic rings. The third-order valence-corrected chi connectivity index (χ3v) is 5.47. The molecule has 3 nitrogen and oxygen atoms in total. The highest BCUT2D eigenvalue weighted by Gasteiger charge is 2.52. The summed E-state index contributed by atoms with van der Waals surface area (Å²) in [7, 11) is 0. The van der Waals surface area contributed by atoms with Crippen LogP contribution in [-0.4, -0.2) is 17.9 Å². The van der Waals surface area contributed by atoms with Crippen LogP contribution in [0.25, 0.3) is 0 Å². The molecule has 3 rings (SSSR count). The molecule has 0 radical (unpaired) electrons. The van der Waals surface area contributed by atoms with E-state index in [1.807, 2.05) is 6.92 Å². The summed E-state index contributed by atoms with van der Waals surface area (Å²) in [5, 5.41) is 0. The van der Waals surface area contributed by atoms with Crippen LogP contribution in [0.3, 0.4) is 0 Å². The van der Waals surface area contributed by atoms with Crippen molar-refractivity contribution in [3.63, 3.8) is 0 Å². The van der Waals surface area contributed by atoms with E-state index in [0.717, 1.165) is 30.4 Å². The first-order chi connectivity index (χ1) is 8.42. The molecule has 0 N–H and O–H groups in total. The van der Waals surface area contributed by atoms with E-state index in [0.29, 0.717) is 18.1 Å². The summed E-state index contributed by atoms with van der Waals surface area (Å²) in [6.07, 6.45) is 3.38. The summed E-state index contributed by atoms with van der Waals surface area (Å²) >= 11 is 0. The molecule has 1 aliphatic heterocycles. The molecule has 0 spiro atoms. The van der Waals surface area contributed by atoms with Crippen molar-refractivity contribution in [2.24, 2.45) is 17.3 Å². The molecule has 98 valence electrons. The average molecular weight is 248 g/mol. The Labute approximate surface area is 108 Å². The van der Waals surface area contributed by atoms with E-state index in [1.165, 1.54) is 0 Å². The van der Waals surface area contributed by atoms with Crippen molar-refractivity contribution in [2.45, 2.75) is 52.6 Å². The normalized spacial score (nSPS) is 43.6. The third-order valence-electron chi connectivity index (χ3n) is 5.47. The quantitative estimate of drug-likeness (QED) is 0.619. The first-order valence-corrected chi connectivity index (χ1v) is 6.86. The number of carbonyl (C=O) groups excluding carboxylic acids is 2. The van der Waals surface area contributed by atoms with Gasteiger partial charge < -0.3 is 4.74 Å². The fourth-order valence-corrected chi connectivity index (χ4v) is 4.10. The maximum absolute atomic E-state index is 11.9. The van der Waals surface area contributed by atoms with Gasteiger partial charge in [0.25, 0.3) is 0 Å². The molecule has 2 aliphatic carbocycles. The monoisotopic (exact) mass is 248 g/mol. The molecule has 0 saturated heterocycles. The summed E-state index contributed by atoms with van der Waals surface area (Å²) in [6, 6.07) is 0. The van der Waals surface area contributed by atoms with Crippen LogP contribution in [0.4, 0.5) is 0 Å². The number of ketones is 1. The van der Waals surface area contributed by atoms with Crippen LogP contribution in [0.15, 0.2) is 11.1 Å². The fraction of sp³-hybridized carbons (Fsp3) is 0.733. The highest BCUT2D eigenvalue weighted by Crippen LogP contribution is 2.55. The molecule has 4 atom stereocenters. The van der Waals surface area contributed by atoms with E-state index < -0.39 is 0 Å². The standard InChI is InChI=1S/C15H20O3/c1-8-10-6-11-9(2)12(16)4-5-15(11,3)7-13(10)18-14(8)17/h9,11,13H,4-7H2,1-3H3/t9-,11-,13+,15-/m1/s1. The van der Waals surface area contributed by atoms with Crippen molar-refractivity contribution in [1.82, 2.24) is 0 Å². The minimum Gasteiger partial charge on any atom is -0.454 e. The van der Waals surface area contributed by atoms with Gasteiger partial charge in [-0.3, -0.25) is 4.79 Å². The van der Waals surface area contributed by atoms with Crippen LogP contribution in [0.5, 0.6) is 0 Å². The van der Waals surface area contributed by atoms with Gasteiger partial charge in [0, 0.05) is 17.9 Å². The SMILES string of the molecule is CC1=C2C[C@@H]3[C@@H](C)C(=O)CC[C@]3(C)C[C@@H]2OC1=O. The molecule has 3 heteroatoms. The largest absolute Gasteiger partial charge is 0.454 e. The van der Waals surface area contributed by atoms with Crippen molar-refractivity contribution in [1.29, 1.82) is 0 Å². The summed E-state index contributed by atoms with van der Waals surface area (Å²) in [4.78, 5) is 23.6. The summed E-state index contributed by atoms with van der Waals surface area (Å²) < 4.78 is 5.46. The summed E-state index contributed by atoms with van der Waals surface area (Å²) in [5.74, 6) is 0.741. The van der Waals surface area contributed by atoms with E-state index in [4.69, 9.17) is 4.74 Å². The molecule has 2 saturated carbocycles. The van der Waals surface area contributed by atoms with E-state index in [9.17, 15) is 9.59 Å². The lowest BCUT2D eigenvalue weighted by atomic mass is 9.55. The molecule has 2 fully saturated rings. The lowest BCUT2D eigenvalue weighted by molar-refractivity contribution is -0.145. The van der Waals surface area contributed by atoms with Gasteiger partial charge in [0.15, 0.2) is 0 Å². The third kappa shape index (κ3) is 1.49. The predicted molar refractivity (Wildman–Crippen MR) is 66.8 cm³/mol. The Morgan fingerprint density at radius 1 is 1.33 bits per heavy atom. The van der Waals surface area contributed by atoms with Crippen molar-refractivity contribution >= 4 is 11.8 Å². The second-order valence-electron chi connectivity index (χ2n) is 6.47. The van der Waals surface area contributed by atoms with Gasteiger partial charge in [0.05, 0.1) is 0 Å². The first-order valence-electron chi connectivity index (χ1n) is 6.86. The second kappa shape index (κ2) is 3.69. The molecular weight excluding hydrogens is 228 g/mol. The number of rotatable bonds is 0. The van der Waals surface area contributed by atoms with E-state index >= 15 is 0 Å². The molecule has 0 unspecified atom stereocenters. The van der Waals surface area contributed by atoms with Crippen LogP contribution >= 0.6 is 0 Å². The Morgan fingerprint density at radius 3 is 2.78 bits per heavy atom. The Bertz CT molecular complexity index is 462. The van der Waals surface area contributed by atoms with Gasteiger partial charge in [0.1, 0.15) is 11.9 Å². The average Bonchev–Trinajstić information content (AvgIpc) is 2.58. The molecule has 0 aromatic heterocycles. The minimum absolute atomic E-state index is 0.0147. The van der Waals surface area contributed by atoms with Crippen LogP contribution in [0, 0.1) is 17.3 Å². The molecule has 3 aliphatic rings. The topological polar surface area (TPSA) is 43.4 Å². The number of fused-ring (bicyclic) bond motifs is 2. The highest BCUT2D eigenvalue weighted by atomic mass is 16.5. The molecule has 0 amide bonds. The van der Waals surface area contributed by atoms with Crippen LogP contribution in [-0.2, 0) is 14.3 Å². The van der Waals surface area contributed by atoms with Gasteiger partial charge in [-0.2, -0.15) is 0 Å². The zero-order chi connectivity index (χ0) is 13.1. The highest BCUT2D eigenvalue weighted by molar-refractivity contribution is 5.92. The zero-order valence-electron chi connectivity index (χ0n) is 11.3. The fourth-order valence-electron chi connectivity index (χ4n) is 4.10. The molecule has 0 bridgehead atoms. The molecule has 18 heavy (non-hydrogen) atoms. The zero-order valence-corrected chi connectivity index (χ0v) is 11.3. The van der Waals surface area contributed by atoms with Crippen molar-refractivity contribution in [3.8, 4) is 0 Å². The Balaban J connectivity index is 1.96. The summed E-state index contributed by atoms with van der Waals surface area (Å²) in [6.45, 7) is 6.17. The van der Waals surface area contributed by atoms with Gasteiger partial charge in [-0.15, -0.1) is 0 Å². The van der Waals surface area contributed by atoms with Crippen molar-refractivity contribution < 1.29 is 14.3 Å². The Hall–Kier alpha value is -1.12. The van der Waals surface area contributed by atoms with E-state index in [1.54, 1.807) is 0 Å². The van der Waals surface area contributed by atoms with Gasteiger partial charge in [-0.05, 0) is 43.1 Å². The van der Waals surface area contributed by atoms with Crippen LogP contribution < -0.4 is 0 Å². The van der Waals surface area contributed by atoms with Gasteiger partial charge in [-0.1, -0.05) is 13.8 Å². The van der Waals surface area contributed by atoms with Crippen LogP contribution in [0.2, 0.25) is 0 Å². The van der Waals surface area contributed by atoms with Crippen molar-refractivity contribution in [2.75, 3.05) is 0 Å². The number of Topliss-reactive ketones (excluding diaryl/α,β-unsaturated/α-hetero) is 1. The van der Waals surface area contributed by atoms with E-state index in [-0.39, 0.29) is 23.4 Å². The lowest BCUT2D eigenvalue weighted by Crippen LogP contribution is -2.46. The Kier molecular flexibility index (Phi) is 2.45. The van der Waals surface area contributed by atoms with E-state index in [2.05, 4.69) is 13.8 Å². The predicted octanol–water partition coefficient (Wildman–Crippen LogP) is 2.64. The first kappa shape index (κ1) is 11.9.